The predicted octanol–water partition coefficient (Wildman–Crippen LogP) is 4.38. The first-order chi connectivity index (χ1) is 16.3. The molecule has 0 unspecified atom stereocenters. The van der Waals surface area contributed by atoms with Crippen LogP contribution in [-0.4, -0.2) is 33.8 Å². The topological polar surface area (TPSA) is 86.2 Å². The number of hydrogen-bond acceptors (Lipinski definition) is 6. The molecule has 2 aromatic carbocycles. The first-order valence-corrected chi connectivity index (χ1v) is 10.3. The van der Waals surface area contributed by atoms with E-state index >= 15 is 0 Å². The highest BCUT2D eigenvalue weighted by atomic mass is 19.4. The highest BCUT2D eigenvalue weighted by Gasteiger charge is 2.43. The number of alkyl halides is 3. The molecular formula is C24H17F3N4O3. The summed E-state index contributed by atoms with van der Waals surface area (Å²) in [4.78, 5) is 26.5. The minimum absolute atomic E-state index is 0.0964. The van der Waals surface area contributed by atoms with Gasteiger partial charge in [0.25, 0.3) is 5.91 Å². The molecule has 0 radical (unpaired) electrons. The lowest BCUT2D eigenvalue weighted by Gasteiger charge is -2.38. The average Bonchev–Trinajstić information content (AvgIpc) is 2.83. The molecule has 0 saturated heterocycles. The van der Waals surface area contributed by atoms with Crippen molar-refractivity contribution in [3.8, 4) is 11.5 Å². The molecule has 7 nitrogen and oxygen atoms in total. The van der Waals surface area contributed by atoms with Gasteiger partial charge in [-0.3, -0.25) is 14.8 Å². The molecule has 0 saturated carbocycles. The van der Waals surface area contributed by atoms with E-state index in [0.29, 0.717) is 34.5 Å². The van der Waals surface area contributed by atoms with Crippen LogP contribution in [0.2, 0.25) is 0 Å². The van der Waals surface area contributed by atoms with Crippen molar-refractivity contribution < 1.29 is 27.4 Å². The van der Waals surface area contributed by atoms with E-state index in [1.807, 2.05) is 6.07 Å². The summed E-state index contributed by atoms with van der Waals surface area (Å²) in [6, 6.07) is 15.9. The molecule has 2 aromatic heterocycles. The van der Waals surface area contributed by atoms with Gasteiger partial charge in [-0.2, -0.15) is 0 Å². The summed E-state index contributed by atoms with van der Waals surface area (Å²) >= 11 is 0. The zero-order valence-electron chi connectivity index (χ0n) is 17.5. The first-order valence-electron chi connectivity index (χ1n) is 10.3. The summed E-state index contributed by atoms with van der Waals surface area (Å²) in [6.45, 7) is 0.253. The number of aromatic nitrogens is 3. The molecule has 0 spiro atoms. The second kappa shape index (κ2) is 8.29. The third-order valence-electron chi connectivity index (χ3n) is 5.50. The standard InChI is InChI=1S/C24H17F3N4O3/c25-24(26,27)34-16-9-7-15(8-10-16)23(11-13-33-20-6-3-12-28-21(20)23)31-22(32)19-14-29-17-4-1-2-5-18(17)30-19/h1-10,12,14H,11,13H2,(H,31,32)/t23-/m0/s1. The Bertz CT molecular complexity index is 1360. The molecule has 0 aliphatic carbocycles. The predicted molar refractivity (Wildman–Crippen MR) is 115 cm³/mol. The third kappa shape index (κ3) is 4.09. The van der Waals surface area contributed by atoms with E-state index in [4.69, 9.17) is 4.74 Å². The fourth-order valence-corrected chi connectivity index (χ4v) is 4.00. The summed E-state index contributed by atoms with van der Waals surface area (Å²) in [5.74, 6) is -0.409. The lowest BCUT2D eigenvalue weighted by atomic mass is 9.81. The Morgan fingerprint density at radius 3 is 2.53 bits per heavy atom. The van der Waals surface area contributed by atoms with E-state index in [2.05, 4.69) is 25.0 Å². The van der Waals surface area contributed by atoms with E-state index in [0.717, 1.165) is 0 Å². The van der Waals surface area contributed by atoms with Crippen molar-refractivity contribution in [2.75, 3.05) is 6.61 Å². The normalized spacial score (nSPS) is 17.5. The maximum atomic E-state index is 13.3. The third-order valence-corrected chi connectivity index (χ3v) is 5.50. The number of carbonyl (C=O) groups is 1. The smallest absolute Gasteiger partial charge is 0.491 e. The van der Waals surface area contributed by atoms with E-state index in [9.17, 15) is 18.0 Å². The van der Waals surface area contributed by atoms with Crippen molar-refractivity contribution in [1.29, 1.82) is 0 Å². The molecule has 1 atom stereocenters. The number of benzene rings is 2. The number of pyridine rings is 1. The number of para-hydroxylation sites is 2. The Kier molecular flexibility index (Phi) is 5.27. The Hall–Kier alpha value is -4.21. The summed E-state index contributed by atoms with van der Waals surface area (Å²) in [5, 5.41) is 3.01. The van der Waals surface area contributed by atoms with E-state index in [-0.39, 0.29) is 18.1 Å². The molecule has 1 aliphatic rings. The number of nitrogens with one attached hydrogen (secondary N) is 1. The van der Waals surface area contributed by atoms with Crippen LogP contribution in [0.1, 0.15) is 28.2 Å². The SMILES string of the molecule is O=C(N[C@]1(c2ccc(OC(F)(F)F)cc2)CCOc2cccnc21)c1cnc2ccccc2n1. The first kappa shape index (κ1) is 21.6. The Morgan fingerprint density at radius 2 is 1.76 bits per heavy atom. The van der Waals surface area contributed by atoms with Gasteiger partial charge >= 0.3 is 6.36 Å². The van der Waals surface area contributed by atoms with Crippen molar-refractivity contribution in [2.45, 2.75) is 18.3 Å². The number of amides is 1. The second-order valence-corrected chi connectivity index (χ2v) is 7.62. The maximum Gasteiger partial charge on any atom is 0.573 e. The van der Waals surface area contributed by atoms with E-state index < -0.39 is 17.8 Å². The van der Waals surface area contributed by atoms with Gasteiger partial charge < -0.3 is 14.8 Å². The zero-order chi connectivity index (χ0) is 23.8. The van der Waals surface area contributed by atoms with Gasteiger partial charge in [0.15, 0.2) is 0 Å². The molecule has 5 rings (SSSR count). The van der Waals surface area contributed by atoms with E-state index in [1.54, 1.807) is 36.5 Å². The fourth-order valence-electron chi connectivity index (χ4n) is 4.00. The number of nitrogens with zero attached hydrogens (tertiary/aromatic N) is 3. The monoisotopic (exact) mass is 466 g/mol. The van der Waals surface area contributed by atoms with Gasteiger partial charge in [-0.1, -0.05) is 24.3 Å². The van der Waals surface area contributed by atoms with Gasteiger partial charge in [0, 0.05) is 12.6 Å². The van der Waals surface area contributed by atoms with Crippen molar-refractivity contribution in [3.63, 3.8) is 0 Å². The second-order valence-electron chi connectivity index (χ2n) is 7.62. The summed E-state index contributed by atoms with van der Waals surface area (Å²) in [7, 11) is 0. The number of carbonyl (C=O) groups excluding carboxylic acids is 1. The van der Waals surface area contributed by atoms with Crippen molar-refractivity contribution in [1.82, 2.24) is 20.3 Å². The van der Waals surface area contributed by atoms with Crippen LogP contribution in [-0.2, 0) is 5.54 Å². The Labute approximate surface area is 191 Å². The zero-order valence-corrected chi connectivity index (χ0v) is 17.5. The van der Waals surface area contributed by atoms with Crippen LogP contribution in [0.5, 0.6) is 11.5 Å². The maximum absolute atomic E-state index is 13.3. The summed E-state index contributed by atoms with van der Waals surface area (Å²) in [6.07, 6.45) is -1.58. The number of halogens is 3. The Balaban J connectivity index is 1.56. The van der Waals surface area contributed by atoms with Crippen LogP contribution in [0.3, 0.4) is 0 Å². The van der Waals surface area contributed by atoms with Crippen molar-refractivity contribution >= 4 is 16.9 Å². The van der Waals surface area contributed by atoms with E-state index in [1.165, 1.54) is 30.5 Å². The number of ether oxygens (including phenoxy) is 2. The van der Waals surface area contributed by atoms with Crippen LogP contribution in [0.4, 0.5) is 13.2 Å². The van der Waals surface area contributed by atoms with Crippen molar-refractivity contribution in [2.24, 2.45) is 0 Å². The molecule has 4 aromatic rings. The van der Waals surface area contributed by atoms with Gasteiger partial charge in [-0.15, -0.1) is 13.2 Å². The van der Waals surface area contributed by atoms with Crippen molar-refractivity contribution in [3.05, 3.63) is 90.0 Å². The van der Waals surface area contributed by atoms with Gasteiger partial charge in [0.2, 0.25) is 0 Å². The fraction of sp³-hybridized carbons (Fsp3) is 0.167. The summed E-state index contributed by atoms with van der Waals surface area (Å²) < 4.78 is 47.6. The highest BCUT2D eigenvalue weighted by Crippen LogP contribution is 2.41. The molecule has 3 heterocycles. The summed E-state index contributed by atoms with van der Waals surface area (Å²) in [5.41, 5.74) is 1.09. The molecule has 1 amide bonds. The number of hydrogen-bond donors (Lipinski definition) is 1. The lowest BCUT2D eigenvalue weighted by Crippen LogP contribution is -2.50. The molecular weight excluding hydrogens is 449 g/mol. The van der Waals surface area contributed by atoms with Gasteiger partial charge in [-0.25, -0.2) is 4.98 Å². The number of fused-ring (bicyclic) bond motifs is 2. The minimum atomic E-state index is -4.81. The van der Waals surface area contributed by atoms with Crippen LogP contribution in [0, 0.1) is 0 Å². The quantitative estimate of drug-likeness (QED) is 0.481. The van der Waals surface area contributed by atoms with Crippen LogP contribution in [0.25, 0.3) is 11.0 Å². The van der Waals surface area contributed by atoms with Crippen LogP contribution < -0.4 is 14.8 Å². The van der Waals surface area contributed by atoms with Gasteiger partial charge in [-0.05, 0) is 42.0 Å². The molecule has 172 valence electrons. The lowest BCUT2D eigenvalue weighted by molar-refractivity contribution is -0.274. The van der Waals surface area contributed by atoms with Crippen LogP contribution >= 0.6 is 0 Å². The average molecular weight is 466 g/mol. The minimum Gasteiger partial charge on any atom is -0.491 e. The van der Waals surface area contributed by atoms with Gasteiger partial charge in [0.05, 0.1) is 23.8 Å². The largest absolute Gasteiger partial charge is 0.573 e. The molecule has 0 fully saturated rings. The van der Waals surface area contributed by atoms with Gasteiger partial charge in [0.1, 0.15) is 28.4 Å². The Morgan fingerprint density at radius 1 is 1.00 bits per heavy atom. The molecule has 0 bridgehead atoms. The highest BCUT2D eigenvalue weighted by molar-refractivity contribution is 5.94. The molecule has 1 N–H and O–H groups in total. The molecule has 1 aliphatic heterocycles. The number of rotatable bonds is 4. The van der Waals surface area contributed by atoms with Crippen LogP contribution in [0.15, 0.2) is 73.1 Å². The molecule has 10 heteroatoms. The molecule has 34 heavy (non-hydrogen) atoms.